The van der Waals surface area contributed by atoms with Gasteiger partial charge in [-0.3, -0.25) is 4.79 Å². The van der Waals surface area contributed by atoms with E-state index in [1.165, 1.54) is 0 Å². The van der Waals surface area contributed by atoms with E-state index in [9.17, 15) is 4.79 Å². The molecule has 1 heterocycles. The molecule has 1 amide bonds. The van der Waals surface area contributed by atoms with Gasteiger partial charge in [0.05, 0.1) is 12.3 Å². The Bertz CT molecular complexity index is 593. The van der Waals surface area contributed by atoms with Crippen molar-refractivity contribution in [2.24, 2.45) is 16.8 Å². The van der Waals surface area contributed by atoms with Gasteiger partial charge in [-0.1, -0.05) is 32.0 Å². The van der Waals surface area contributed by atoms with Crippen LogP contribution in [-0.2, 0) is 4.79 Å². The van der Waals surface area contributed by atoms with Gasteiger partial charge < -0.3 is 10.5 Å². The molecule has 118 valence electrons. The Kier molecular flexibility index (Phi) is 5.33. The lowest BCUT2D eigenvalue weighted by Gasteiger charge is -2.22. The van der Waals surface area contributed by atoms with Gasteiger partial charge in [-0.25, -0.2) is 5.43 Å². The summed E-state index contributed by atoms with van der Waals surface area (Å²) in [5.74, 6) is 0.959. The van der Waals surface area contributed by atoms with E-state index in [4.69, 9.17) is 10.5 Å². The fraction of sp³-hybridized carbons (Fsp3) is 0.412. The standard InChI is InChI=1S/C17H23N3O2/c1-11(2)8-15(18)17(21)20-19-10-14-9-13-6-4-5-7-16(13)22-12(14)3/h4-7,9-12,15H,8,18H2,1-3H3,(H,20,21)/b19-10-/t12-,15-/m1/s1. The Balaban J connectivity index is 1.98. The monoisotopic (exact) mass is 301 g/mol. The summed E-state index contributed by atoms with van der Waals surface area (Å²) < 4.78 is 5.81. The Morgan fingerprint density at radius 3 is 2.91 bits per heavy atom. The van der Waals surface area contributed by atoms with Crippen molar-refractivity contribution < 1.29 is 9.53 Å². The fourth-order valence-electron chi connectivity index (χ4n) is 2.27. The molecular weight excluding hydrogens is 278 g/mol. The molecule has 2 atom stereocenters. The fourth-order valence-corrected chi connectivity index (χ4v) is 2.27. The quantitative estimate of drug-likeness (QED) is 0.647. The summed E-state index contributed by atoms with van der Waals surface area (Å²) in [6.45, 7) is 6.00. The highest BCUT2D eigenvalue weighted by Gasteiger charge is 2.17. The zero-order valence-corrected chi connectivity index (χ0v) is 13.2. The Labute approximate surface area is 131 Å². The van der Waals surface area contributed by atoms with Crippen LogP contribution in [0.5, 0.6) is 5.75 Å². The van der Waals surface area contributed by atoms with Crippen molar-refractivity contribution >= 4 is 18.2 Å². The molecule has 0 bridgehead atoms. The first-order valence-electron chi connectivity index (χ1n) is 7.53. The number of hydrazone groups is 1. The van der Waals surface area contributed by atoms with Crippen molar-refractivity contribution in [3.63, 3.8) is 0 Å². The van der Waals surface area contributed by atoms with Crippen LogP contribution in [-0.4, -0.2) is 24.3 Å². The van der Waals surface area contributed by atoms with E-state index in [1.54, 1.807) is 6.21 Å². The molecule has 0 saturated heterocycles. The lowest BCUT2D eigenvalue weighted by atomic mass is 10.0. The van der Waals surface area contributed by atoms with Crippen molar-refractivity contribution in [3.05, 3.63) is 35.4 Å². The molecule has 1 aromatic rings. The molecule has 2 rings (SSSR count). The third-order valence-corrected chi connectivity index (χ3v) is 3.46. The summed E-state index contributed by atoms with van der Waals surface area (Å²) in [5, 5.41) is 3.99. The number of para-hydroxylation sites is 1. The van der Waals surface area contributed by atoms with Gasteiger partial charge in [0.2, 0.25) is 0 Å². The molecule has 0 fully saturated rings. The highest BCUT2D eigenvalue weighted by Crippen LogP contribution is 2.28. The molecule has 5 nitrogen and oxygen atoms in total. The molecule has 1 aliphatic rings. The van der Waals surface area contributed by atoms with Crippen molar-refractivity contribution in [1.29, 1.82) is 0 Å². The van der Waals surface area contributed by atoms with Gasteiger partial charge in [-0.05, 0) is 31.4 Å². The number of rotatable bonds is 5. The van der Waals surface area contributed by atoms with Gasteiger partial charge >= 0.3 is 0 Å². The Morgan fingerprint density at radius 1 is 1.45 bits per heavy atom. The van der Waals surface area contributed by atoms with Crippen LogP contribution in [0, 0.1) is 5.92 Å². The maximum absolute atomic E-state index is 11.8. The van der Waals surface area contributed by atoms with E-state index in [2.05, 4.69) is 10.5 Å². The maximum atomic E-state index is 11.8. The van der Waals surface area contributed by atoms with Gasteiger partial charge in [0.15, 0.2) is 0 Å². The van der Waals surface area contributed by atoms with Crippen LogP contribution >= 0.6 is 0 Å². The second-order valence-electron chi connectivity index (χ2n) is 5.91. The number of carbonyl (C=O) groups is 1. The van der Waals surface area contributed by atoms with Crippen molar-refractivity contribution in [2.45, 2.75) is 39.3 Å². The number of carbonyl (C=O) groups excluding carboxylic acids is 1. The lowest BCUT2D eigenvalue weighted by Crippen LogP contribution is -2.39. The summed E-state index contributed by atoms with van der Waals surface area (Å²) in [5.41, 5.74) is 10.2. The predicted molar refractivity (Wildman–Crippen MR) is 88.6 cm³/mol. The average molecular weight is 301 g/mol. The van der Waals surface area contributed by atoms with Crippen LogP contribution in [0.4, 0.5) is 0 Å². The summed E-state index contributed by atoms with van der Waals surface area (Å²) in [6.07, 6.45) is 4.14. The number of ether oxygens (including phenoxy) is 1. The number of nitrogens with one attached hydrogen (secondary N) is 1. The predicted octanol–water partition coefficient (Wildman–Crippen LogP) is 2.33. The first kappa shape index (κ1) is 16.2. The molecular formula is C17H23N3O2. The third-order valence-electron chi connectivity index (χ3n) is 3.46. The molecule has 5 heteroatoms. The minimum Gasteiger partial charge on any atom is -0.485 e. The number of hydrogen-bond acceptors (Lipinski definition) is 4. The van der Waals surface area contributed by atoms with Crippen LogP contribution in [0.3, 0.4) is 0 Å². The van der Waals surface area contributed by atoms with E-state index in [1.807, 2.05) is 51.1 Å². The third kappa shape index (κ3) is 4.18. The minimum absolute atomic E-state index is 0.111. The molecule has 1 aromatic carbocycles. The molecule has 0 unspecified atom stereocenters. The molecule has 0 radical (unpaired) electrons. The molecule has 0 aliphatic carbocycles. The average Bonchev–Trinajstić information content (AvgIpc) is 2.46. The van der Waals surface area contributed by atoms with Crippen LogP contribution in [0.15, 0.2) is 34.9 Å². The van der Waals surface area contributed by atoms with Crippen molar-refractivity contribution in [1.82, 2.24) is 5.43 Å². The van der Waals surface area contributed by atoms with Crippen molar-refractivity contribution in [2.75, 3.05) is 0 Å². The highest BCUT2D eigenvalue weighted by atomic mass is 16.5. The Morgan fingerprint density at radius 2 is 2.18 bits per heavy atom. The van der Waals surface area contributed by atoms with Gasteiger partial charge in [0.25, 0.3) is 5.91 Å². The van der Waals surface area contributed by atoms with Crippen LogP contribution < -0.4 is 15.9 Å². The molecule has 0 saturated carbocycles. The normalized spacial score (nSPS) is 18.6. The molecule has 3 N–H and O–H groups in total. The number of amides is 1. The second kappa shape index (κ2) is 7.22. The van der Waals surface area contributed by atoms with E-state index >= 15 is 0 Å². The minimum atomic E-state index is -0.535. The van der Waals surface area contributed by atoms with Gasteiger partial charge in [0.1, 0.15) is 11.9 Å². The number of benzene rings is 1. The summed E-state index contributed by atoms with van der Waals surface area (Å²) in [4.78, 5) is 11.8. The summed E-state index contributed by atoms with van der Waals surface area (Å²) in [6, 6.07) is 7.27. The van der Waals surface area contributed by atoms with Crippen LogP contribution in [0.1, 0.15) is 32.8 Å². The topological polar surface area (TPSA) is 76.7 Å². The van der Waals surface area contributed by atoms with E-state index in [-0.39, 0.29) is 12.0 Å². The summed E-state index contributed by atoms with van der Waals surface area (Å²) >= 11 is 0. The van der Waals surface area contributed by atoms with E-state index in [0.717, 1.165) is 16.9 Å². The zero-order chi connectivity index (χ0) is 16.1. The summed E-state index contributed by atoms with van der Waals surface area (Å²) in [7, 11) is 0. The second-order valence-corrected chi connectivity index (χ2v) is 5.91. The van der Waals surface area contributed by atoms with E-state index in [0.29, 0.717) is 12.3 Å². The van der Waals surface area contributed by atoms with E-state index < -0.39 is 6.04 Å². The number of nitrogens with two attached hydrogens (primary N) is 1. The molecule has 0 spiro atoms. The largest absolute Gasteiger partial charge is 0.485 e. The van der Waals surface area contributed by atoms with Gasteiger partial charge in [0, 0.05) is 11.1 Å². The maximum Gasteiger partial charge on any atom is 0.256 e. The van der Waals surface area contributed by atoms with Crippen LogP contribution in [0.25, 0.3) is 6.08 Å². The van der Waals surface area contributed by atoms with Gasteiger partial charge in [-0.15, -0.1) is 0 Å². The van der Waals surface area contributed by atoms with Crippen LogP contribution in [0.2, 0.25) is 0 Å². The number of nitrogens with zero attached hydrogens (tertiary/aromatic N) is 1. The van der Waals surface area contributed by atoms with Crippen molar-refractivity contribution in [3.8, 4) is 5.75 Å². The SMILES string of the molecule is CC(C)C[C@@H](N)C(=O)N/N=C\C1=Cc2ccccc2O[C@@H]1C. The highest BCUT2D eigenvalue weighted by molar-refractivity contribution is 5.90. The first-order valence-corrected chi connectivity index (χ1v) is 7.53. The molecule has 22 heavy (non-hydrogen) atoms. The molecule has 0 aromatic heterocycles. The zero-order valence-electron chi connectivity index (χ0n) is 13.2. The smallest absolute Gasteiger partial charge is 0.256 e. The first-order chi connectivity index (χ1) is 10.5. The lowest BCUT2D eigenvalue weighted by molar-refractivity contribution is -0.122. The number of fused-ring (bicyclic) bond motifs is 1. The Hall–Kier alpha value is -2.14. The number of hydrogen-bond donors (Lipinski definition) is 2. The van der Waals surface area contributed by atoms with Gasteiger partial charge in [-0.2, -0.15) is 5.10 Å². The molecule has 1 aliphatic heterocycles.